The van der Waals surface area contributed by atoms with E-state index >= 15 is 0 Å². The van der Waals surface area contributed by atoms with Crippen molar-refractivity contribution in [3.05, 3.63) is 35.9 Å². The van der Waals surface area contributed by atoms with Crippen molar-refractivity contribution >= 4 is 17.9 Å². The summed E-state index contributed by atoms with van der Waals surface area (Å²) in [7, 11) is 0. The molecule has 8 heteroatoms. The standard InChI is InChI=1S/C27H45N3O5/c1-8-9-17-28-24(32)23(21-13-11-10-12-14-21)30(20(4)16-15-19(2)3)25(33)22(18-31)29-26(34)35-27(5,6)7/h10-14,19-20,22-23,31H,8-9,15-18H2,1-7H3,(H,28,32)(H,29,34). The molecular weight excluding hydrogens is 446 g/mol. The Bertz CT molecular complexity index is 792. The van der Waals surface area contributed by atoms with E-state index in [1.807, 2.05) is 44.2 Å². The summed E-state index contributed by atoms with van der Waals surface area (Å²) in [6.07, 6.45) is 2.47. The number of aliphatic hydroxyl groups is 1. The van der Waals surface area contributed by atoms with Crippen molar-refractivity contribution < 1.29 is 24.2 Å². The van der Waals surface area contributed by atoms with Crippen molar-refractivity contribution in [2.75, 3.05) is 13.2 Å². The molecule has 0 aliphatic heterocycles. The number of hydrogen-bond acceptors (Lipinski definition) is 5. The molecule has 0 spiro atoms. The van der Waals surface area contributed by atoms with E-state index in [1.54, 1.807) is 20.8 Å². The van der Waals surface area contributed by atoms with Crippen molar-refractivity contribution in [3.63, 3.8) is 0 Å². The second-order valence-electron chi connectivity index (χ2n) is 10.4. The van der Waals surface area contributed by atoms with E-state index in [4.69, 9.17) is 4.74 Å². The third-order valence-electron chi connectivity index (χ3n) is 5.53. The van der Waals surface area contributed by atoms with Crippen LogP contribution in [0.4, 0.5) is 4.79 Å². The van der Waals surface area contributed by atoms with Crippen molar-refractivity contribution in [1.29, 1.82) is 0 Å². The van der Waals surface area contributed by atoms with Gasteiger partial charge in [-0.2, -0.15) is 0 Å². The molecule has 0 aromatic heterocycles. The number of benzene rings is 1. The molecule has 0 aliphatic carbocycles. The van der Waals surface area contributed by atoms with Crippen LogP contribution in [0.1, 0.15) is 85.8 Å². The molecule has 0 bridgehead atoms. The Balaban J connectivity index is 3.39. The van der Waals surface area contributed by atoms with E-state index in [0.717, 1.165) is 19.3 Å². The summed E-state index contributed by atoms with van der Waals surface area (Å²) < 4.78 is 5.29. The lowest BCUT2D eigenvalue weighted by atomic mass is 9.97. The largest absolute Gasteiger partial charge is 0.444 e. The fraction of sp³-hybridized carbons (Fsp3) is 0.667. The van der Waals surface area contributed by atoms with Gasteiger partial charge < -0.3 is 25.4 Å². The summed E-state index contributed by atoms with van der Waals surface area (Å²) in [6.45, 7) is 13.2. The topological polar surface area (TPSA) is 108 Å². The first-order valence-corrected chi connectivity index (χ1v) is 12.7. The van der Waals surface area contributed by atoms with Crippen LogP contribution < -0.4 is 10.6 Å². The summed E-state index contributed by atoms with van der Waals surface area (Å²) >= 11 is 0. The molecule has 0 heterocycles. The molecule has 3 atom stereocenters. The Morgan fingerprint density at radius 3 is 2.20 bits per heavy atom. The summed E-state index contributed by atoms with van der Waals surface area (Å²) in [5, 5.41) is 15.5. The van der Waals surface area contributed by atoms with E-state index in [9.17, 15) is 19.5 Å². The minimum absolute atomic E-state index is 0.289. The maximum absolute atomic E-state index is 13.8. The summed E-state index contributed by atoms with van der Waals surface area (Å²) in [5.41, 5.74) is -0.0939. The maximum Gasteiger partial charge on any atom is 0.408 e. The van der Waals surface area contributed by atoms with E-state index in [2.05, 4.69) is 24.5 Å². The van der Waals surface area contributed by atoms with Crippen LogP contribution >= 0.6 is 0 Å². The van der Waals surface area contributed by atoms with Crippen molar-refractivity contribution in [1.82, 2.24) is 15.5 Å². The Hall–Kier alpha value is -2.61. The van der Waals surface area contributed by atoms with Crippen LogP contribution in [0.25, 0.3) is 0 Å². The summed E-state index contributed by atoms with van der Waals surface area (Å²) in [4.78, 5) is 41.2. The zero-order valence-corrected chi connectivity index (χ0v) is 22.5. The Labute approximate surface area is 210 Å². The van der Waals surface area contributed by atoms with Gasteiger partial charge in [0.05, 0.1) is 6.61 Å². The number of carbonyl (C=O) groups is 3. The predicted molar refractivity (Wildman–Crippen MR) is 138 cm³/mol. The Morgan fingerprint density at radius 1 is 1.06 bits per heavy atom. The number of aliphatic hydroxyl groups excluding tert-OH is 1. The van der Waals surface area contributed by atoms with Gasteiger partial charge in [0, 0.05) is 12.6 Å². The number of nitrogens with zero attached hydrogens (tertiary/aromatic N) is 1. The molecule has 0 aliphatic rings. The molecule has 35 heavy (non-hydrogen) atoms. The molecule has 0 saturated carbocycles. The maximum atomic E-state index is 13.8. The van der Waals surface area contributed by atoms with Gasteiger partial charge in [0.25, 0.3) is 0 Å². The van der Waals surface area contributed by atoms with Gasteiger partial charge in [0.1, 0.15) is 17.7 Å². The van der Waals surface area contributed by atoms with Crippen LogP contribution in [0, 0.1) is 5.92 Å². The minimum Gasteiger partial charge on any atom is -0.444 e. The molecule has 0 radical (unpaired) electrons. The molecule has 0 saturated heterocycles. The minimum atomic E-state index is -1.25. The van der Waals surface area contributed by atoms with Crippen molar-refractivity contribution in [2.24, 2.45) is 5.92 Å². The van der Waals surface area contributed by atoms with Gasteiger partial charge in [-0.3, -0.25) is 9.59 Å². The van der Waals surface area contributed by atoms with E-state index in [1.165, 1.54) is 4.90 Å². The number of nitrogens with one attached hydrogen (secondary N) is 2. The highest BCUT2D eigenvalue weighted by molar-refractivity contribution is 5.92. The highest BCUT2D eigenvalue weighted by Gasteiger charge is 2.38. The molecule has 1 rings (SSSR count). The van der Waals surface area contributed by atoms with Crippen LogP contribution in [-0.2, 0) is 14.3 Å². The molecule has 3 amide bonds. The lowest BCUT2D eigenvalue weighted by molar-refractivity contribution is -0.146. The molecule has 0 fully saturated rings. The fourth-order valence-corrected chi connectivity index (χ4v) is 3.69. The van der Waals surface area contributed by atoms with Gasteiger partial charge in [0.15, 0.2) is 0 Å². The molecule has 8 nitrogen and oxygen atoms in total. The number of ether oxygens (including phenoxy) is 1. The third kappa shape index (κ3) is 10.7. The van der Waals surface area contributed by atoms with Gasteiger partial charge in [-0.05, 0) is 58.4 Å². The third-order valence-corrected chi connectivity index (χ3v) is 5.53. The van der Waals surface area contributed by atoms with Gasteiger partial charge in [-0.1, -0.05) is 57.5 Å². The number of unbranched alkanes of at least 4 members (excludes halogenated alkanes) is 1. The summed E-state index contributed by atoms with van der Waals surface area (Å²) in [5.74, 6) is -0.408. The smallest absolute Gasteiger partial charge is 0.408 e. The number of hydrogen-bond donors (Lipinski definition) is 3. The van der Waals surface area contributed by atoms with Crippen LogP contribution in [0.3, 0.4) is 0 Å². The van der Waals surface area contributed by atoms with Gasteiger partial charge in [-0.15, -0.1) is 0 Å². The molecule has 1 aromatic carbocycles. The zero-order valence-electron chi connectivity index (χ0n) is 22.5. The lowest BCUT2D eigenvalue weighted by Gasteiger charge is -2.38. The molecule has 3 N–H and O–H groups in total. The SMILES string of the molecule is CCCCNC(=O)C(c1ccccc1)N(C(=O)C(CO)NC(=O)OC(C)(C)C)C(C)CCC(C)C. The predicted octanol–water partition coefficient (Wildman–Crippen LogP) is 4.18. The highest BCUT2D eigenvalue weighted by atomic mass is 16.6. The molecule has 3 unspecified atom stereocenters. The van der Waals surface area contributed by atoms with Crippen molar-refractivity contribution in [3.8, 4) is 0 Å². The molecule has 1 aromatic rings. The van der Waals surface area contributed by atoms with Gasteiger partial charge in [-0.25, -0.2) is 4.79 Å². The van der Waals surface area contributed by atoms with E-state index in [0.29, 0.717) is 24.4 Å². The van der Waals surface area contributed by atoms with Crippen LogP contribution in [-0.4, -0.2) is 58.8 Å². The fourth-order valence-electron chi connectivity index (χ4n) is 3.69. The first-order chi connectivity index (χ1) is 16.4. The quantitative estimate of drug-likeness (QED) is 0.359. The van der Waals surface area contributed by atoms with Gasteiger partial charge in [0.2, 0.25) is 11.8 Å². The van der Waals surface area contributed by atoms with Gasteiger partial charge >= 0.3 is 6.09 Å². The number of rotatable bonds is 13. The Kier molecular flexibility index (Phi) is 12.8. The second-order valence-corrected chi connectivity index (χ2v) is 10.4. The highest BCUT2D eigenvalue weighted by Crippen LogP contribution is 2.27. The Morgan fingerprint density at radius 2 is 1.69 bits per heavy atom. The zero-order chi connectivity index (χ0) is 26.6. The molecule has 198 valence electrons. The average molecular weight is 492 g/mol. The average Bonchev–Trinajstić information content (AvgIpc) is 2.78. The first kappa shape index (κ1) is 30.4. The number of alkyl carbamates (subject to hydrolysis) is 1. The second kappa shape index (κ2) is 14.7. The van der Waals surface area contributed by atoms with E-state index in [-0.39, 0.29) is 11.9 Å². The van der Waals surface area contributed by atoms with E-state index < -0.39 is 36.3 Å². The first-order valence-electron chi connectivity index (χ1n) is 12.7. The monoisotopic (exact) mass is 491 g/mol. The van der Waals surface area contributed by atoms with Crippen LogP contribution in [0.15, 0.2) is 30.3 Å². The molecular formula is C27H45N3O5. The van der Waals surface area contributed by atoms with Crippen molar-refractivity contribution in [2.45, 2.75) is 97.9 Å². The normalized spacial score (nSPS) is 14.1. The van der Waals surface area contributed by atoms with Crippen LogP contribution in [0.2, 0.25) is 0 Å². The number of amides is 3. The number of carbonyl (C=O) groups excluding carboxylic acids is 3. The summed E-state index contributed by atoms with van der Waals surface area (Å²) in [6, 6.07) is 6.66. The lowest BCUT2D eigenvalue weighted by Crippen LogP contribution is -2.56. The van der Waals surface area contributed by atoms with Crippen LogP contribution in [0.5, 0.6) is 0 Å².